The highest BCUT2D eigenvalue weighted by Gasteiger charge is 2.15. The summed E-state index contributed by atoms with van der Waals surface area (Å²) in [7, 11) is 1.73. The molecule has 0 aromatic heterocycles. The molecule has 1 rings (SSSR count). The number of benzene rings is 1. The number of halogens is 1. The first kappa shape index (κ1) is 12.7. The van der Waals surface area contributed by atoms with Crippen LogP contribution in [0.15, 0.2) is 28.7 Å². The van der Waals surface area contributed by atoms with E-state index in [0.29, 0.717) is 6.61 Å². The van der Waals surface area contributed by atoms with Crippen LogP contribution in [0.5, 0.6) is 0 Å². The Hall–Kier alpha value is -0.380. The van der Waals surface area contributed by atoms with Crippen molar-refractivity contribution < 1.29 is 4.74 Å². The van der Waals surface area contributed by atoms with E-state index in [1.54, 1.807) is 7.11 Å². The van der Waals surface area contributed by atoms with Crippen LogP contribution in [0.1, 0.15) is 19.4 Å². The molecule has 3 heteroatoms. The molecule has 0 aliphatic carbocycles. The highest BCUT2D eigenvalue weighted by Crippen LogP contribution is 2.11. The summed E-state index contributed by atoms with van der Waals surface area (Å²) >= 11 is 3.42. The summed E-state index contributed by atoms with van der Waals surface area (Å²) in [5.74, 6) is 0. The maximum absolute atomic E-state index is 5.14. The number of rotatable bonds is 5. The summed E-state index contributed by atoms with van der Waals surface area (Å²) in [6.45, 7) is 5.85. The topological polar surface area (TPSA) is 21.3 Å². The predicted molar refractivity (Wildman–Crippen MR) is 66.9 cm³/mol. The summed E-state index contributed by atoms with van der Waals surface area (Å²) < 4.78 is 6.26. The Morgan fingerprint density at radius 2 is 1.87 bits per heavy atom. The fourth-order valence-corrected chi connectivity index (χ4v) is 1.62. The van der Waals surface area contributed by atoms with Crippen LogP contribution in [0.4, 0.5) is 0 Å². The van der Waals surface area contributed by atoms with Crippen molar-refractivity contribution in [2.24, 2.45) is 0 Å². The predicted octanol–water partition coefficient (Wildman–Crippen LogP) is 2.96. The minimum Gasteiger partial charge on any atom is -0.383 e. The molecule has 15 heavy (non-hydrogen) atoms. The second-order valence-electron chi connectivity index (χ2n) is 4.30. The average molecular weight is 272 g/mol. The van der Waals surface area contributed by atoms with Crippen molar-refractivity contribution in [1.29, 1.82) is 0 Å². The molecule has 0 unspecified atom stereocenters. The monoisotopic (exact) mass is 271 g/mol. The van der Waals surface area contributed by atoms with E-state index in [0.717, 1.165) is 11.0 Å². The van der Waals surface area contributed by atoms with Gasteiger partial charge in [-0.15, -0.1) is 0 Å². The largest absolute Gasteiger partial charge is 0.383 e. The summed E-state index contributed by atoms with van der Waals surface area (Å²) in [4.78, 5) is 0. The highest BCUT2D eigenvalue weighted by atomic mass is 79.9. The molecule has 0 heterocycles. The average Bonchev–Trinajstić information content (AvgIpc) is 2.17. The lowest BCUT2D eigenvalue weighted by Crippen LogP contribution is -2.42. The minimum absolute atomic E-state index is 0.0157. The molecule has 0 radical (unpaired) electrons. The normalized spacial score (nSPS) is 11.7. The lowest BCUT2D eigenvalue weighted by Gasteiger charge is -2.25. The molecule has 1 aromatic rings. The molecule has 0 saturated heterocycles. The van der Waals surface area contributed by atoms with Crippen LogP contribution in [0, 0.1) is 0 Å². The lowest BCUT2D eigenvalue weighted by atomic mass is 10.1. The summed E-state index contributed by atoms with van der Waals surface area (Å²) in [6.07, 6.45) is 0. The first-order valence-electron chi connectivity index (χ1n) is 5.02. The molecule has 1 N–H and O–H groups in total. The number of hydrogen-bond acceptors (Lipinski definition) is 2. The number of hydrogen-bond donors (Lipinski definition) is 1. The van der Waals surface area contributed by atoms with Crippen molar-refractivity contribution in [1.82, 2.24) is 5.32 Å². The number of nitrogens with one attached hydrogen (secondary N) is 1. The van der Waals surface area contributed by atoms with Gasteiger partial charge in [0.15, 0.2) is 0 Å². The van der Waals surface area contributed by atoms with E-state index in [1.807, 2.05) is 0 Å². The second kappa shape index (κ2) is 5.64. The van der Waals surface area contributed by atoms with Crippen molar-refractivity contribution in [3.8, 4) is 0 Å². The van der Waals surface area contributed by atoms with Gasteiger partial charge in [0, 0.05) is 23.7 Å². The smallest absolute Gasteiger partial charge is 0.0639 e. The molecule has 0 aliphatic rings. The van der Waals surface area contributed by atoms with E-state index in [-0.39, 0.29) is 5.54 Å². The molecular weight excluding hydrogens is 254 g/mol. The number of methoxy groups -OCH3 is 1. The molecule has 2 nitrogen and oxygen atoms in total. The van der Waals surface area contributed by atoms with Gasteiger partial charge in [0.25, 0.3) is 0 Å². The van der Waals surface area contributed by atoms with E-state index in [9.17, 15) is 0 Å². The summed E-state index contributed by atoms with van der Waals surface area (Å²) in [6, 6.07) is 8.33. The van der Waals surface area contributed by atoms with E-state index < -0.39 is 0 Å². The van der Waals surface area contributed by atoms with Gasteiger partial charge in [-0.1, -0.05) is 28.1 Å². The maximum atomic E-state index is 5.14. The van der Waals surface area contributed by atoms with Gasteiger partial charge in [0.05, 0.1) is 6.61 Å². The SMILES string of the molecule is COCC(C)(C)NCc1ccc(Br)cc1. The van der Waals surface area contributed by atoms with Crippen LogP contribution in [0.2, 0.25) is 0 Å². The van der Waals surface area contributed by atoms with E-state index in [1.165, 1.54) is 5.56 Å². The third kappa shape index (κ3) is 4.78. The fourth-order valence-electron chi connectivity index (χ4n) is 1.36. The molecule has 0 fully saturated rings. The Morgan fingerprint density at radius 1 is 1.27 bits per heavy atom. The Bertz CT molecular complexity index is 295. The zero-order chi connectivity index (χ0) is 11.3. The number of ether oxygens (including phenoxy) is 1. The fraction of sp³-hybridized carbons (Fsp3) is 0.500. The van der Waals surface area contributed by atoms with Gasteiger partial charge in [0.2, 0.25) is 0 Å². The lowest BCUT2D eigenvalue weighted by molar-refractivity contribution is 0.128. The summed E-state index contributed by atoms with van der Waals surface area (Å²) in [5, 5.41) is 3.46. The van der Waals surface area contributed by atoms with Gasteiger partial charge in [-0.25, -0.2) is 0 Å². The van der Waals surface area contributed by atoms with Gasteiger partial charge in [0.1, 0.15) is 0 Å². The first-order chi connectivity index (χ1) is 7.03. The minimum atomic E-state index is 0.0157. The molecule has 0 spiro atoms. The highest BCUT2D eigenvalue weighted by molar-refractivity contribution is 9.10. The molecule has 0 aliphatic heterocycles. The van der Waals surface area contributed by atoms with Gasteiger partial charge >= 0.3 is 0 Å². The van der Waals surface area contributed by atoms with Gasteiger partial charge in [-0.05, 0) is 31.5 Å². The van der Waals surface area contributed by atoms with Crippen molar-refractivity contribution in [2.45, 2.75) is 25.9 Å². The standard InChI is InChI=1S/C12H18BrNO/c1-12(2,9-15-3)14-8-10-4-6-11(13)7-5-10/h4-7,14H,8-9H2,1-3H3. The van der Waals surface area contributed by atoms with E-state index in [4.69, 9.17) is 4.74 Å². The Labute approximate surface area is 100 Å². The van der Waals surface area contributed by atoms with Gasteiger partial charge in [-0.2, -0.15) is 0 Å². The van der Waals surface area contributed by atoms with E-state index >= 15 is 0 Å². The quantitative estimate of drug-likeness (QED) is 0.889. The second-order valence-corrected chi connectivity index (χ2v) is 5.21. The molecule has 0 bridgehead atoms. The Balaban J connectivity index is 2.46. The molecule has 0 saturated carbocycles. The molecule has 84 valence electrons. The first-order valence-corrected chi connectivity index (χ1v) is 5.81. The third-order valence-corrected chi connectivity index (χ3v) is 2.72. The van der Waals surface area contributed by atoms with Crippen molar-refractivity contribution >= 4 is 15.9 Å². The van der Waals surface area contributed by atoms with Crippen molar-refractivity contribution in [3.05, 3.63) is 34.3 Å². The zero-order valence-corrected chi connectivity index (χ0v) is 11.1. The van der Waals surface area contributed by atoms with E-state index in [2.05, 4.69) is 59.4 Å². The van der Waals surface area contributed by atoms with Crippen LogP contribution < -0.4 is 5.32 Å². The van der Waals surface area contributed by atoms with Crippen molar-refractivity contribution in [3.63, 3.8) is 0 Å². The maximum Gasteiger partial charge on any atom is 0.0639 e. The Morgan fingerprint density at radius 3 is 2.40 bits per heavy atom. The van der Waals surface area contributed by atoms with Crippen LogP contribution >= 0.6 is 15.9 Å². The molecule has 1 aromatic carbocycles. The van der Waals surface area contributed by atoms with Crippen molar-refractivity contribution in [2.75, 3.05) is 13.7 Å². The summed E-state index contributed by atoms with van der Waals surface area (Å²) in [5.41, 5.74) is 1.30. The zero-order valence-electron chi connectivity index (χ0n) is 9.51. The molecular formula is C12H18BrNO. The van der Waals surface area contributed by atoms with Crippen LogP contribution in [-0.2, 0) is 11.3 Å². The van der Waals surface area contributed by atoms with Crippen LogP contribution in [0.3, 0.4) is 0 Å². The van der Waals surface area contributed by atoms with Crippen LogP contribution in [0.25, 0.3) is 0 Å². The van der Waals surface area contributed by atoms with Crippen LogP contribution in [-0.4, -0.2) is 19.3 Å². The molecule has 0 atom stereocenters. The van der Waals surface area contributed by atoms with Gasteiger partial charge < -0.3 is 10.1 Å². The third-order valence-electron chi connectivity index (χ3n) is 2.19. The Kier molecular flexibility index (Phi) is 4.77. The van der Waals surface area contributed by atoms with Gasteiger partial charge in [-0.3, -0.25) is 0 Å². The molecule has 0 amide bonds.